The number of urea groups is 1. The first-order valence-electron chi connectivity index (χ1n) is 8.54. The van der Waals surface area contributed by atoms with Crippen molar-refractivity contribution in [3.63, 3.8) is 0 Å². The largest absolute Gasteiger partial charge is 0.383 e. The van der Waals surface area contributed by atoms with Gasteiger partial charge >= 0.3 is 6.03 Å². The summed E-state index contributed by atoms with van der Waals surface area (Å²) in [5.41, 5.74) is -0.260. The smallest absolute Gasteiger partial charge is 0.321 e. The van der Waals surface area contributed by atoms with Crippen LogP contribution in [-0.4, -0.2) is 46.5 Å². The molecule has 10 heteroatoms. The highest BCUT2D eigenvalue weighted by Crippen LogP contribution is 2.20. The molecule has 0 atom stereocenters. The molecule has 0 saturated carbocycles. The van der Waals surface area contributed by atoms with Crippen molar-refractivity contribution < 1.29 is 14.3 Å². The number of rotatable bonds is 6. The van der Waals surface area contributed by atoms with Crippen LogP contribution >= 0.6 is 23.4 Å². The third kappa shape index (κ3) is 6.22. The lowest BCUT2D eigenvalue weighted by atomic mass is 10.1. The van der Waals surface area contributed by atoms with Gasteiger partial charge in [-0.15, -0.1) is 0 Å². The van der Waals surface area contributed by atoms with Crippen LogP contribution in [0.3, 0.4) is 0 Å². The summed E-state index contributed by atoms with van der Waals surface area (Å²) < 4.78 is 6.51. The second-order valence-corrected chi connectivity index (χ2v) is 8.43. The van der Waals surface area contributed by atoms with Crippen molar-refractivity contribution in [3.8, 4) is 0 Å². The number of benzene rings is 1. The molecule has 1 aromatic heterocycles. The van der Waals surface area contributed by atoms with Crippen LogP contribution in [0.15, 0.2) is 28.2 Å². The Balaban J connectivity index is 2.21. The van der Waals surface area contributed by atoms with Crippen molar-refractivity contribution in [2.75, 3.05) is 19.5 Å². The van der Waals surface area contributed by atoms with E-state index in [4.69, 9.17) is 16.3 Å². The van der Waals surface area contributed by atoms with Crippen molar-refractivity contribution in [2.45, 2.75) is 38.0 Å². The fraction of sp³-hybridized carbons (Fsp3) is 0.444. The van der Waals surface area contributed by atoms with E-state index in [1.165, 1.54) is 11.7 Å². The van der Waals surface area contributed by atoms with Gasteiger partial charge in [-0.1, -0.05) is 23.4 Å². The Kier molecular flexibility index (Phi) is 7.45. The summed E-state index contributed by atoms with van der Waals surface area (Å²) in [7, 11) is 1.54. The van der Waals surface area contributed by atoms with E-state index in [2.05, 4.69) is 15.6 Å². The van der Waals surface area contributed by atoms with E-state index in [1.807, 2.05) is 20.8 Å². The summed E-state index contributed by atoms with van der Waals surface area (Å²) in [6, 6.07) is 4.27. The third-order valence-electron chi connectivity index (χ3n) is 3.48. The standard InChI is InChI=1S/C18H23ClN4O4S/c1-18(2,3)22-16(26)21-14(24)10-28-17-20-13-9-11(19)5-6-12(13)15(25)23(17)7-8-27-4/h5-6,9H,7-8,10H2,1-4H3,(H2,21,22,24,26). The lowest BCUT2D eigenvalue weighted by molar-refractivity contribution is -0.117. The number of methoxy groups -OCH3 is 1. The van der Waals surface area contributed by atoms with Gasteiger partial charge in [0.25, 0.3) is 5.56 Å². The van der Waals surface area contributed by atoms with Gasteiger partial charge in [0.15, 0.2) is 5.16 Å². The molecule has 2 N–H and O–H groups in total. The zero-order valence-electron chi connectivity index (χ0n) is 16.2. The molecule has 0 saturated heterocycles. The van der Waals surface area contributed by atoms with Gasteiger partial charge in [-0.3, -0.25) is 19.5 Å². The molecule has 0 spiro atoms. The molecular weight excluding hydrogens is 404 g/mol. The van der Waals surface area contributed by atoms with E-state index in [0.29, 0.717) is 27.7 Å². The first-order chi connectivity index (χ1) is 13.1. The molecule has 0 unspecified atom stereocenters. The van der Waals surface area contributed by atoms with Crippen LogP contribution in [0.1, 0.15) is 20.8 Å². The summed E-state index contributed by atoms with van der Waals surface area (Å²) in [4.78, 5) is 41.1. The second kappa shape index (κ2) is 9.40. The number of ether oxygens (including phenoxy) is 1. The van der Waals surface area contributed by atoms with Gasteiger partial charge in [0.2, 0.25) is 5.91 Å². The number of hydrogen-bond acceptors (Lipinski definition) is 6. The quantitative estimate of drug-likeness (QED) is 0.543. The third-order valence-corrected chi connectivity index (χ3v) is 4.69. The average molecular weight is 427 g/mol. The zero-order valence-corrected chi connectivity index (χ0v) is 17.7. The summed E-state index contributed by atoms with van der Waals surface area (Å²) in [5, 5.41) is 6.14. The maximum absolute atomic E-state index is 12.8. The Hall–Kier alpha value is -2.10. The number of thioether (sulfide) groups is 1. The Morgan fingerprint density at radius 1 is 1.32 bits per heavy atom. The van der Waals surface area contributed by atoms with Crippen LogP contribution in [0, 0.1) is 0 Å². The molecule has 152 valence electrons. The van der Waals surface area contributed by atoms with E-state index in [1.54, 1.807) is 18.2 Å². The number of halogens is 1. The second-order valence-electron chi connectivity index (χ2n) is 7.05. The van der Waals surface area contributed by atoms with Gasteiger partial charge in [-0.05, 0) is 39.0 Å². The highest BCUT2D eigenvalue weighted by molar-refractivity contribution is 7.99. The molecule has 3 amide bonds. The van der Waals surface area contributed by atoms with Gasteiger partial charge in [-0.2, -0.15) is 0 Å². The number of fused-ring (bicyclic) bond motifs is 1. The Morgan fingerprint density at radius 2 is 2.04 bits per heavy atom. The predicted octanol–water partition coefficient (Wildman–Crippen LogP) is 2.41. The van der Waals surface area contributed by atoms with Crippen LogP contribution in [0.4, 0.5) is 4.79 Å². The fourth-order valence-corrected chi connectivity index (χ4v) is 3.32. The number of amides is 3. The predicted molar refractivity (Wildman–Crippen MR) is 110 cm³/mol. The van der Waals surface area contributed by atoms with Crippen LogP contribution in [-0.2, 0) is 16.1 Å². The number of imide groups is 1. The number of nitrogens with zero attached hydrogens (tertiary/aromatic N) is 2. The van der Waals surface area contributed by atoms with Gasteiger partial charge in [0, 0.05) is 17.7 Å². The highest BCUT2D eigenvalue weighted by Gasteiger charge is 2.17. The SMILES string of the molecule is COCCn1c(SCC(=O)NC(=O)NC(C)(C)C)nc2cc(Cl)ccc2c1=O. The Morgan fingerprint density at radius 3 is 2.68 bits per heavy atom. The minimum atomic E-state index is -0.576. The van der Waals surface area contributed by atoms with Crippen LogP contribution in [0.25, 0.3) is 10.9 Å². The molecule has 1 heterocycles. The average Bonchev–Trinajstić information content (AvgIpc) is 2.57. The molecule has 2 aromatic rings. The number of aromatic nitrogens is 2. The molecule has 0 aliphatic heterocycles. The van der Waals surface area contributed by atoms with Crippen molar-refractivity contribution in [1.82, 2.24) is 20.2 Å². The Bertz CT molecular complexity index is 940. The van der Waals surface area contributed by atoms with Crippen molar-refractivity contribution in [2.24, 2.45) is 0 Å². The maximum Gasteiger partial charge on any atom is 0.321 e. The van der Waals surface area contributed by atoms with Crippen molar-refractivity contribution >= 4 is 46.2 Å². The molecule has 0 fully saturated rings. The Labute approximate surface area is 172 Å². The summed E-state index contributed by atoms with van der Waals surface area (Å²) in [5.74, 6) is -0.575. The topological polar surface area (TPSA) is 102 Å². The summed E-state index contributed by atoms with van der Waals surface area (Å²) in [6.07, 6.45) is 0. The summed E-state index contributed by atoms with van der Waals surface area (Å²) >= 11 is 7.06. The molecule has 0 bridgehead atoms. The number of hydrogen-bond donors (Lipinski definition) is 2. The minimum absolute atomic E-state index is 0.0803. The zero-order chi connectivity index (χ0) is 20.9. The van der Waals surface area contributed by atoms with Crippen LogP contribution in [0.5, 0.6) is 0 Å². The van der Waals surface area contributed by atoms with E-state index in [9.17, 15) is 14.4 Å². The van der Waals surface area contributed by atoms with E-state index in [0.717, 1.165) is 11.8 Å². The van der Waals surface area contributed by atoms with Crippen LogP contribution < -0.4 is 16.2 Å². The van der Waals surface area contributed by atoms with E-state index >= 15 is 0 Å². The van der Waals surface area contributed by atoms with Gasteiger partial charge < -0.3 is 10.1 Å². The van der Waals surface area contributed by atoms with Crippen molar-refractivity contribution in [1.29, 1.82) is 0 Å². The molecule has 0 radical (unpaired) electrons. The molecule has 2 rings (SSSR count). The van der Waals surface area contributed by atoms with Gasteiger partial charge in [0.05, 0.1) is 29.8 Å². The molecule has 0 aliphatic rings. The van der Waals surface area contributed by atoms with Gasteiger partial charge in [0.1, 0.15) is 0 Å². The minimum Gasteiger partial charge on any atom is -0.383 e. The maximum atomic E-state index is 12.8. The molecule has 0 aliphatic carbocycles. The van der Waals surface area contributed by atoms with Crippen LogP contribution in [0.2, 0.25) is 5.02 Å². The number of carbonyl (C=O) groups excluding carboxylic acids is 2. The lowest BCUT2D eigenvalue weighted by Crippen LogP contribution is -2.48. The first kappa shape index (κ1) is 22.2. The molecule has 28 heavy (non-hydrogen) atoms. The number of carbonyl (C=O) groups is 2. The number of nitrogens with one attached hydrogen (secondary N) is 2. The molecular formula is C18H23ClN4O4S. The normalized spacial score (nSPS) is 11.5. The van der Waals surface area contributed by atoms with Gasteiger partial charge in [-0.25, -0.2) is 9.78 Å². The first-order valence-corrected chi connectivity index (χ1v) is 9.91. The fourth-order valence-electron chi connectivity index (χ4n) is 2.33. The molecule has 8 nitrogen and oxygen atoms in total. The monoisotopic (exact) mass is 426 g/mol. The lowest BCUT2D eigenvalue weighted by Gasteiger charge is -2.20. The molecule has 1 aromatic carbocycles. The van der Waals surface area contributed by atoms with E-state index < -0.39 is 17.5 Å². The summed E-state index contributed by atoms with van der Waals surface area (Å²) in [6.45, 7) is 6.03. The highest BCUT2D eigenvalue weighted by atomic mass is 35.5. The van der Waals surface area contributed by atoms with E-state index in [-0.39, 0.29) is 17.9 Å². The van der Waals surface area contributed by atoms with Crippen molar-refractivity contribution in [3.05, 3.63) is 33.6 Å².